The number of rotatable bonds is 2. The summed E-state index contributed by atoms with van der Waals surface area (Å²) in [4.78, 5) is 11.2. The van der Waals surface area contributed by atoms with Crippen LogP contribution in [0.5, 0.6) is 0 Å². The van der Waals surface area contributed by atoms with E-state index in [9.17, 15) is 4.79 Å². The summed E-state index contributed by atoms with van der Waals surface area (Å²) in [5, 5.41) is 8.92. The van der Waals surface area contributed by atoms with Crippen molar-refractivity contribution in [2.45, 2.75) is 27.2 Å². The van der Waals surface area contributed by atoms with Gasteiger partial charge in [0.15, 0.2) is 5.78 Å². The molecule has 0 bridgehead atoms. The summed E-state index contributed by atoms with van der Waals surface area (Å²) in [7, 11) is 0. The Morgan fingerprint density at radius 1 is 1.50 bits per heavy atom. The SMILES string of the molecule is CCc1c(C)cc(C(C)=O)cc1C#N. The zero-order valence-corrected chi connectivity index (χ0v) is 8.72. The van der Waals surface area contributed by atoms with Gasteiger partial charge < -0.3 is 0 Å². The average Bonchev–Trinajstić information content (AvgIpc) is 2.16. The fourth-order valence-electron chi connectivity index (χ4n) is 1.59. The fraction of sp³-hybridized carbons (Fsp3) is 0.333. The second-order valence-electron chi connectivity index (χ2n) is 3.34. The maximum Gasteiger partial charge on any atom is 0.159 e. The maximum atomic E-state index is 11.2. The zero-order valence-electron chi connectivity index (χ0n) is 8.72. The Morgan fingerprint density at radius 2 is 2.14 bits per heavy atom. The highest BCUT2D eigenvalue weighted by Crippen LogP contribution is 2.17. The second-order valence-corrected chi connectivity index (χ2v) is 3.34. The van der Waals surface area contributed by atoms with E-state index in [0.29, 0.717) is 11.1 Å². The highest BCUT2D eigenvalue weighted by atomic mass is 16.1. The van der Waals surface area contributed by atoms with Crippen molar-refractivity contribution in [3.05, 3.63) is 34.4 Å². The number of hydrogen-bond acceptors (Lipinski definition) is 2. The first kappa shape index (κ1) is 10.5. The highest BCUT2D eigenvalue weighted by molar-refractivity contribution is 5.94. The van der Waals surface area contributed by atoms with E-state index in [1.165, 1.54) is 6.92 Å². The van der Waals surface area contributed by atoms with Crippen molar-refractivity contribution in [2.75, 3.05) is 0 Å². The summed E-state index contributed by atoms with van der Waals surface area (Å²) < 4.78 is 0. The van der Waals surface area contributed by atoms with Gasteiger partial charge in [-0.2, -0.15) is 5.26 Å². The van der Waals surface area contributed by atoms with Crippen LogP contribution in [0.1, 0.15) is 40.9 Å². The van der Waals surface area contributed by atoms with Gasteiger partial charge in [-0.1, -0.05) is 6.92 Å². The van der Waals surface area contributed by atoms with Crippen LogP contribution in [0.2, 0.25) is 0 Å². The van der Waals surface area contributed by atoms with E-state index in [1.807, 2.05) is 19.9 Å². The maximum absolute atomic E-state index is 11.2. The predicted octanol–water partition coefficient (Wildman–Crippen LogP) is 2.63. The summed E-state index contributed by atoms with van der Waals surface area (Å²) in [6.45, 7) is 5.46. The molecular formula is C12H13NO. The lowest BCUT2D eigenvalue weighted by atomic mass is 9.96. The van der Waals surface area contributed by atoms with Crippen LogP contribution in [0.4, 0.5) is 0 Å². The Balaban J connectivity index is 3.41. The van der Waals surface area contributed by atoms with Gasteiger partial charge in [0.2, 0.25) is 0 Å². The van der Waals surface area contributed by atoms with E-state index in [2.05, 4.69) is 6.07 Å². The third-order valence-corrected chi connectivity index (χ3v) is 2.35. The summed E-state index contributed by atoms with van der Waals surface area (Å²) in [6, 6.07) is 5.65. The molecule has 0 saturated heterocycles. The van der Waals surface area contributed by atoms with Gasteiger partial charge >= 0.3 is 0 Å². The molecule has 0 radical (unpaired) electrons. The molecule has 0 saturated carbocycles. The number of benzene rings is 1. The smallest absolute Gasteiger partial charge is 0.159 e. The lowest BCUT2D eigenvalue weighted by molar-refractivity contribution is 0.101. The predicted molar refractivity (Wildman–Crippen MR) is 55.3 cm³/mol. The highest BCUT2D eigenvalue weighted by Gasteiger charge is 2.08. The van der Waals surface area contributed by atoms with E-state index in [0.717, 1.165) is 17.5 Å². The molecule has 1 aromatic carbocycles. The molecule has 2 nitrogen and oxygen atoms in total. The number of nitriles is 1. The third kappa shape index (κ3) is 1.82. The normalized spacial score (nSPS) is 9.57. The minimum absolute atomic E-state index is 0.00672. The molecule has 0 aliphatic rings. The van der Waals surface area contributed by atoms with Crippen molar-refractivity contribution in [2.24, 2.45) is 0 Å². The molecule has 72 valence electrons. The lowest BCUT2D eigenvalue weighted by Crippen LogP contribution is -1.99. The third-order valence-electron chi connectivity index (χ3n) is 2.35. The van der Waals surface area contributed by atoms with E-state index >= 15 is 0 Å². The number of aryl methyl sites for hydroxylation is 1. The Bertz CT molecular complexity index is 413. The molecule has 0 spiro atoms. The summed E-state index contributed by atoms with van der Waals surface area (Å²) >= 11 is 0. The summed E-state index contributed by atoms with van der Waals surface area (Å²) in [6.07, 6.45) is 0.826. The molecule has 0 heterocycles. The van der Waals surface area contributed by atoms with E-state index in [4.69, 9.17) is 5.26 Å². The number of carbonyl (C=O) groups is 1. The number of Topliss-reactive ketones (excluding diaryl/α,β-unsaturated/α-hetero) is 1. The van der Waals surface area contributed by atoms with Crippen molar-refractivity contribution in [1.29, 1.82) is 5.26 Å². The quantitative estimate of drug-likeness (QED) is 0.668. The minimum Gasteiger partial charge on any atom is -0.295 e. The fourth-order valence-corrected chi connectivity index (χ4v) is 1.59. The van der Waals surface area contributed by atoms with Crippen molar-refractivity contribution in [3.8, 4) is 6.07 Å². The van der Waals surface area contributed by atoms with Crippen LogP contribution in [-0.2, 0) is 6.42 Å². The average molecular weight is 187 g/mol. The lowest BCUT2D eigenvalue weighted by Gasteiger charge is -2.07. The monoisotopic (exact) mass is 187 g/mol. The topological polar surface area (TPSA) is 40.9 Å². The molecule has 14 heavy (non-hydrogen) atoms. The Morgan fingerprint density at radius 3 is 2.57 bits per heavy atom. The van der Waals surface area contributed by atoms with E-state index in [1.54, 1.807) is 6.07 Å². The zero-order chi connectivity index (χ0) is 10.7. The van der Waals surface area contributed by atoms with Gasteiger partial charge in [0.05, 0.1) is 11.6 Å². The standard InChI is InChI=1S/C12H13NO/c1-4-12-8(2)5-10(9(3)14)6-11(12)7-13/h5-6H,4H2,1-3H3. The summed E-state index contributed by atoms with van der Waals surface area (Å²) in [5.74, 6) is 0.00672. The van der Waals surface area contributed by atoms with Crippen LogP contribution < -0.4 is 0 Å². The van der Waals surface area contributed by atoms with Crippen molar-refractivity contribution in [1.82, 2.24) is 0 Å². The molecular weight excluding hydrogens is 174 g/mol. The molecule has 0 aliphatic heterocycles. The molecule has 1 rings (SSSR count). The molecule has 1 aromatic rings. The van der Waals surface area contributed by atoms with Gasteiger partial charge in [0.1, 0.15) is 0 Å². The van der Waals surface area contributed by atoms with Crippen molar-refractivity contribution >= 4 is 5.78 Å². The second kappa shape index (κ2) is 4.06. The molecule has 0 N–H and O–H groups in total. The van der Waals surface area contributed by atoms with Gasteiger partial charge in [-0.05, 0) is 43.5 Å². The molecule has 2 heteroatoms. The van der Waals surface area contributed by atoms with Gasteiger partial charge in [-0.15, -0.1) is 0 Å². The van der Waals surface area contributed by atoms with E-state index in [-0.39, 0.29) is 5.78 Å². The first-order valence-corrected chi connectivity index (χ1v) is 4.64. The van der Waals surface area contributed by atoms with Crippen LogP contribution in [0.3, 0.4) is 0 Å². The summed E-state index contributed by atoms with van der Waals surface area (Å²) in [5.41, 5.74) is 3.31. The first-order valence-electron chi connectivity index (χ1n) is 4.64. The molecule has 0 amide bonds. The van der Waals surface area contributed by atoms with Crippen LogP contribution in [-0.4, -0.2) is 5.78 Å². The van der Waals surface area contributed by atoms with Gasteiger partial charge in [-0.3, -0.25) is 4.79 Å². The van der Waals surface area contributed by atoms with Crippen LogP contribution in [0, 0.1) is 18.3 Å². The molecule has 0 unspecified atom stereocenters. The van der Waals surface area contributed by atoms with E-state index < -0.39 is 0 Å². The Labute approximate surface area is 84.2 Å². The number of nitrogens with zero attached hydrogens (tertiary/aromatic N) is 1. The van der Waals surface area contributed by atoms with Crippen LogP contribution in [0.25, 0.3) is 0 Å². The number of hydrogen-bond donors (Lipinski definition) is 0. The van der Waals surface area contributed by atoms with Crippen LogP contribution >= 0.6 is 0 Å². The van der Waals surface area contributed by atoms with Gasteiger partial charge in [-0.25, -0.2) is 0 Å². The largest absolute Gasteiger partial charge is 0.295 e. The molecule has 0 fully saturated rings. The van der Waals surface area contributed by atoms with Crippen LogP contribution in [0.15, 0.2) is 12.1 Å². The van der Waals surface area contributed by atoms with Gasteiger partial charge in [0.25, 0.3) is 0 Å². The first-order chi connectivity index (χ1) is 6.60. The number of carbonyl (C=O) groups excluding carboxylic acids is 1. The van der Waals surface area contributed by atoms with Crippen molar-refractivity contribution < 1.29 is 4.79 Å². The van der Waals surface area contributed by atoms with Crippen molar-refractivity contribution in [3.63, 3.8) is 0 Å². The Hall–Kier alpha value is -1.62. The molecule has 0 atom stereocenters. The molecule has 0 aromatic heterocycles. The Kier molecular flexibility index (Phi) is 3.03. The number of ketones is 1. The minimum atomic E-state index is 0.00672. The molecule has 0 aliphatic carbocycles. The van der Waals surface area contributed by atoms with Gasteiger partial charge in [0, 0.05) is 5.56 Å².